The summed E-state index contributed by atoms with van der Waals surface area (Å²) < 4.78 is 0. The average Bonchev–Trinajstić information content (AvgIpc) is 2.23. The van der Waals surface area contributed by atoms with Crippen LogP contribution in [0.15, 0.2) is 17.3 Å². The van der Waals surface area contributed by atoms with E-state index in [1.807, 2.05) is 0 Å². The molecule has 0 spiro atoms. The third kappa shape index (κ3) is 4.42. The van der Waals surface area contributed by atoms with E-state index in [1.165, 1.54) is 12.1 Å². The Morgan fingerprint density at radius 2 is 1.76 bits per heavy atom. The van der Waals surface area contributed by atoms with Gasteiger partial charge in [-0.05, 0) is 26.0 Å². The molecule has 0 saturated carbocycles. The zero-order chi connectivity index (χ0) is 13.0. The van der Waals surface area contributed by atoms with E-state index in [1.54, 1.807) is 13.8 Å². The molecular weight excluding hydrogens is 286 g/mol. The van der Waals surface area contributed by atoms with Crippen LogP contribution >= 0.6 is 34.8 Å². The van der Waals surface area contributed by atoms with E-state index < -0.39 is 6.09 Å². The highest BCUT2D eigenvalue weighted by atomic mass is 35.5. The number of hydrogen-bond donors (Lipinski definition) is 1. The Labute approximate surface area is 113 Å². The zero-order valence-corrected chi connectivity index (χ0v) is 11.3. The largest absolute Gasteiger partial charge is 0.437 e. The lowest BCUT2D eigenvalue weighted by Gasteiger charge is -2.06. The van der Waals surface area contributed by atoms with Crippen molar-refractivity contribution in [1.29, 1.82) is 0 Å². The lowest BCUT2D eigenvalue weighted by molar-refractivity contribution is 0.166. The molecule has 4 nitrogen and oxygen atoms in total. The molecule has 1 aromatic carbocycles. The lowest BCUT2D eigenvalue weighted by atomic mass is 10.3. The Hall–Kier alpha value is -0.970. The molecule has 1 N–H and O–H groups in total. The van der Waals surface area contributed by atoms with Gasteiger partial charge in [-0.1, -0.05) is 40.0 Å². The maximum Gasteiger partial charge on any atom is 0.437 e. The van der Waals surface area contributed by atoms with E-state index >= 15 is 0 Å². The normalized spacial score (nSPS) is 9.71. The van der Waals surface area contributed by atoms with Gasteiger partial charge in [0.15, 0.2) is 0 Å². The first kappa shape index (κ1) is 14.1. The molecule has 0 aliphatic rings. The van der Waals surface area contributed by atoms with E-state index in [2.05, 4.69) is 15.3 Å². The Balaban J connectivity index is 2.78. The molecular formula is C10H9Cl3N2O2. The van der Waals surface area contributed by atoms with Crippen molar-refractivity contribution in [1.82, 2.24) is 0 Å². The number of carbonyl (C=O) groups is 1. The van der Waals surface area contributed by atoms with Crippen molar-refractivity contribution in [3.63, 3.8) is 0 Å². The minimum atomic E-state index is -0.758. The summed E-state index contributed by atoms with van der Waals surface area (Å²) in [6, 6.07) is 2.85. The number of benzene rings is 1. The van der Waals surface area contributed by atoms with Crippen molar-refractivity contribution in [2.75, 3.05) is 5.32 Å². The van der Waals surface area contributed by atoms with Gasteiger partial charge in [0.2, 0.25) is 0 Å². The number of nitrogens with zero attached hydrogens (tertiary/aromatic N) is 1. The molecule has 0 bridgehead atoms. The van der Waals surface area contributed by atoms with E-state index in [9.17, 15) is 4.79 Å². The summed E-state index contributed by atoms with van der Waals surface area (Å²) in [6.45, 7) is 3.39. The predicted molar refractivity (Wildman–Crippen MR) is 70.4 cm³/mol. The van der Waals surface area contributed by atoms with Crippen LogP contribution in [0.2, 0.25) is 15.1 Å². The van der Waals surface area contributed by atoms with Crippen molar-refractivity contribution >= 4 is 52.3 Å². The van der Waals surface area contributed by atoms with Crippen LogP contribution in [0.4, 0.5) is 10.5 Å². The number of oxime groups is 1. The second kappa shape index (κ2) is 6.10. The van der Waals surface area contributed by atoms with Crippen molar-refractivity contribution < 1.29 is 9.63 Å². The zero-order valence-electron chi connectivity index (χ0n) is 9.05. The van der Waals surface area contributed by atoms with Crippen LogP contribution in [0.1, 0.15) is 13.8 Å². The van der Waals surface area contributed by atoms with Gasteiger partial charge in [0.1, 0.15) is 0 Å². The molecule has 0 aromatic heterocycles. The van der Waals surface area contributed by atoms with Gasteiger partial charge >= 0.3 is 6.09 Å². The number of hydrogen-bond acceptors (Lipinski definition) is 3. The molecule has 0 unspecified atom stereocenters. The van der Waals surface area contributed by atoms with Gasteiger partial charge in [0.25, 0.3) is 0 Å². The minimum absolute atomic E-state index is 0.258. The third-order valence-electron chi connectivity index (χ3n) is 1.56. The predicted octanol–water partition coefficient (Wildman–Crippen LogP) is 4.59. The molecule has 7 heteroatoms. The summed E-state index contributed by atoms with van der Waals surface area (Å²) in [6.07, 6.45) is -0.758. The summed E-state index contributed by atoms with van der Waals surface area (Å²) in [4.78, 5) is 15.8. The van der Waals surface area contributed by atoms with E-state index in [0.717, 1.165) is 0 Å². The summed E-state index contributed by atoms with van der Waals surface area (Å²) >= 11 is 17.4. The maximum atomic E-state index is 11.3. The summed E-state index contributed by atoms with van der Waals surface area (Å²) in [5, 5.41) is 6.72. The molecule has 0 aliphatic heterocycles. The first-order chi connectivity index (χ1) is 7.90. The van der Waals surface area contributed by atoms with Gasteiger partial charge < -0.3 is 0 Å². The Kier molecular flexibility index (Phi) is 5.05. The van der Waals surface area contributed by atoms with Gasteiger partial charge in [0, 0.05) is 0 Å². The number of carbonyl (C=O) groups excluding carboxylic acids is 1. The van der Waals surface area contributed by atoms with Gasteiger partial charge in [-0.2, -0.15) is 0 Å². The van der Waals surface area contributed by atoms with E-state index in [0.29, 0.717) is 16.4 Å². The van der Waals surface area contributed by atoms with Gasteiger partial charge in [-0.15, -0.1) is 0 Å². The topological polar surface area (TPSA) is 50.7 Å². The first-order valence-electron chi connectivity index (χ1n) is 4.54. The van der Waals surface area contributed by atoms with Crippen LogP contribution in [-0.2, 0) is 4.84 Å². The SMILES string of the molecule is CC(C)=NOC(=O)Nc1cc(Cl)c(Cl)cc1Cl. The average molecular weight is 296 g/mol. The molecule has 17 heavy (non-hydrogen) atoms. The van der Waals surface area contributed by atoms with Crippen LogP contribution in [0, 0.1) is 0 Å². The molecule has 0 radical (unpaired) electrons. The van der Waals surface area contributed by atoms with Crippen LogP contribution in [0.5, 0.6) is 0 Å². The first-order valence-corrected chi connectivity index (χ1v) is 5.67. The Bertz CT molecular complexity index is 471. The van der Waals surface area contributed by atoms with Gasteiger partial charge in [-0.25, -0.2) is 4.79 Å². The second-order valence-electron chi connectivity index (χ2n) is 3.29. The monoisotopic (exact) mass is 294 g/mol. The smallest absolute Gasteiger partial charge is 0.298 e. The quantitative estimate of drug-likeness (QED) is 0.375. The molecule has 0 fully saturated rings. The number of anilines is 1. The van der Waals surface area contributed by atoms with E-state index in [4.69, 9.17) is 34.8 Å². The number of halogens is 3. The van der Waals surface area contributed by atoms with Crippen LogP contribution < -0.4 is 5.32 Å². The van der Waals surface area contributed by atoms with Crippen LogP contribution in [0.25, 0.3) is 0 Å². The lowest BCUT2D eigenvalue weighted by Crippen LogP contribution is -2.11. The third-order valence-corrected chi connectivity index (χ3v) is 2.59. The molecule has 0 saturated heterocycles. The minimum Gasteiger partial charge on any atom is -0.298 e. The van der Waals surface area contributed by atoms with Crippen LogP contribution in [0.3, 0.4) is 0 Å². The molecule has 0 heterocycles. The van der Waals surface area contributed by atoms with Crippen LogP contribution in [-0.4, -0.2) is 11.8 Å². The van der Waals surface area contributed by atoms with Crippen molar-refractivity contribution in [3.05, 3.63) is 27.2 Å². The fraction of sp³-hybridized carbons (Fsp3) is 0.200. The van der Waals surface area contributed by atoms with Gasteiger partial charge in [0.05, 0.1) is 26.5 Å². The fourth-order valence-corrected chi connectivity index (χ4v) is 1.48. The fourth-order valence-electron chi connectivity index (χ4n) is 0.884. The molecule has 0 atom stereocenters. The summed E-state index contributed by atoms with van der Waals surface area (Å²) in [5.74, 6) is 0. The van der Waals surface area contributed by atoms with Crippen molar-refractivity contribution in [2.24, 2.45) is 5.16 Å². The highest BCUT2D eigenvalue weighted by Gasteiger charge is 2.10. The summed E-state index contributed by atoms with van der Waals surface area (Å²) in [7, 11) is 0. The molecule has 1 amide bonds. The molecule has 0 aliphatic carbocycles. The number of rotatable bonds is 2. The molecule has 92 valence electrons. The number of nitrogens with one attached hydrogen (secondary N) is 1. The maximum absolute atomic E-state index is 11.3. The van der Waals surface area contributed by atoms with Gasteiger partial charge in [-0.3, -0.25) is 10.2 Å². The van der Waals surface area contributed by atoms with E-state index in [-0.39, 0.29) is 10.0 Å². The highest BCUT2D eigenvalue weighted by Crippen LogP contribution is 2.32. The highest BCUT2D eigenvalue weighted by molar-refractivity contribution is 6.44. The van der Waals surface area contributed by atoms with Crippen molar-refractivity contribution in [3.8, 4) is 0 Å². The Morgan fingerprint density at radius 1 is 1.18 bits per heavy atom. The number of amides is 1. The van der Waals surface area contributed by atoms with Crippen molar-refractivity contribution in [2.45, 2.75) is 13.8 Å². The molecule has 1 aromatic rings. The summed E-state index contributed by atoms with van der Waals surface area (Å²) in [5.41, 5.74) is 0.912. The molecule has 1 rings (SSSR count). The Morgan fingerprint density at radius 3 is 2.35 bits per heavy atom. The standard InChI is InChI=1S/C10H9Cl3N2O2/c1-5(2)15-17-10(16)14-9-4-7(12)6(11)3-8(9)13/h3-4H,1-2H3,(H,14,16). The second-order valence-corrected chi connectivity index (χ2v) is 4.51.